The lowest BCUT2D eigenvalue weighted by Crippen LogP contribution is -2.42. The van der Waals surface area contributed by atoms with Crippen molar-refractivity contribution >= 4 is 17.7 Å². The number of carbonyl (C=O) groups excluding carboxylic acids is 1. The molecule has 1 atom stereocenters. The Balaban J connectivity index is 2.54. The average Bonchev–Trinajstić information content (AvgIpc) is 2.42. The molecule has 4 N–H and O–H groups in total. The van der Waals surface area contributed by atoms with Crippen molar-refractivity contribution in [2.24, 2.45) is 5.73 Å². The minimum absolute atomic E-state index is 0.133. The standard InChI is InChI=1S/C14H24N4O2S/c1-3-5-10-9-12(19)18-14(17-10)21-8-6-11(13(15)20)16-7-4-2/h9,11,16H,3-8H2,1-2H3,(H2,15,20)(H,17,18,19). The third kappa shape index (κ3) is 6.77. The lowest BCUT2D eigenvalue weighted by molar-refractivity contribution is -0.120. The van der Waals surface area contributed by atoms with Gasteiger partial charge in [0.1, 0.15) is 0 Å². The largest absolute Gasteiger partial charge is 0.368 e. The highest BCUT2D eigenvalue weighted by atomic mass is 32.2. The number of aromatic amines is 1. The summed E-state index contributed by atoms with van der Waals surface area (Å²) in [5.41, 5.74) is 6.03. The highest BCUT2D eigenvalue weighted by molar-refractivity contribution is 7.99. The Kier molecular flexibility index (Phi) is 8.07. The molecule has 0 fully saturated rings. The zero-order valence-corrected chi connectivity index (χ0v) is 13.5. The summed E-state index contributed by atoms with van der Waals surface area (Å²) in [6.07, 6.45) is 3.30. The second-order valence-corrected chi connectivity index (χ2v) is 5.92. The van der Waals surface area contributed by atoms with E-state index in [1.807, 2.05) is 13.8 Å². The summed E-state index contributed by atoms with van der Waals surface area (Å²) in [6.45, 7) is 4.85. The maximum absolute atomic E-state index is 11.5. The molecule has 1 heterocycles. The number of rotatable bonds is 10. The van der Waals surface area contributed by atoms with Crippen molar-refractivity contribution in [1.82, 2.24) is 15.3 Å². The summed E-state index contributed by atoms with van der Waals surface area (Å²) in [7, 11) is 0. The number of hydrogen-bond acceptors (Lipinski definition) is 5. The van der Waals surface area contributed by atoms with Crippen molar-refractivity contribution in [2.75, 3.05) is 12.3 Å². The molecule has 0 saturated heterocycles. The number of nitrogens with zero attached hydrogens (tertiary/aromatic N) is 1. The average molecular weight is 312 g/mol. The van der Waals surface area contributed by atoms with Crippen LogP contribution in [-0.2, 0) is 11.2 Å². The van der Waals surface area contributed by atoms with E-state index in [2.05, 4.69) is 15.3 Å². The van der Waals surface area contributed by atoms with Gasteiger partial charge in [0.2, 0.25) is 5.91 Å². The molecule has 1 aromatic heterocycles. The summed E-state index contributed by atoms with van der Waals surface area (Å²) in [6, 6.07) is 1.20. The number of thioether (sulfide) groups is 1. The van der Waals surface area contributed by atoms with Crippen LogP contribution >= 0.6 is 11.8 Å². The molecule has 0 aliphatic carbocycles. The third-order valence-corrected chi connectivity index (χ3v) is 3.82. The monoisotopic (exact) mass is 312 g/mol. The van der Waals surface area contributed by atoms with E-state index in [0.717, 1.165) is 31.5 Å². The van der Waals surface area contributed by atoms with E-state index >= 15 is 0 Å². The van der Waals surface area contributed by atoms with Crippen LogP contribution in [-0.4, -0.2) is 34.2 Å². The Morgan fingerprint density at radius 2 is 2.24 bits per heavy atom. The van der Waals surface area contributed by atoms with Crippen molar-refractivity contribution in [3.8, 4) is 0 Å². The summed E-state index contributed by atoms with van der Waals surface area (Å²) >= 11 is 1.44. The second kappa shape index (κ2) is 9.57. The van der Waals surface area contributed by atoms with E-state index in [9.17, 15) is 9.59 Å². The van der Waals surface area contributed by atoms with Crippen LogP contribution in [0, 0.1) is 0 Å². The Morgan fingerprint density at radius 1 is 1.48 bits per heavy atom. The van der Waals surface area contributed by atoms with E-state index in [-0.39, 0.29) is 17.5 Å². The van der Waals surface area contributed by atoms with Crippen LogP contribution in [0.25, 0.3) is 0 Å². The number of nitrogens with two attached hydrogens (primary N) is 1. The minimum atomic E-state index is -0.342. The number of amides is 1. The van der Waals surface area contributed by atoms with Gasteiger partial charge in [-0.2, -0.15) is 0 Å². The first-order chi connectivity index (χ1) is 10.1. The second-order valence-electron chi connectivity index (χ2n) is 4.84. The Labute approximate surface area is 129 Å². The van der Waals surface area contributed by atoms with Gasteiger partial charge in [0.25, 0.3) is 5.56 Å². The maximum atomic E-state index is 11.5. The summed E-state index contributed by atoms with van der Waals surface area (Å²) in [5, 5.41) is 3.72. The maximum Gasteiger partial charge on any atom is 0.251 e. The van der Waals surface area contributed by atoms with Crippen molar-refractivity contribution < 1.29 is 4.79 Å². The molecule has 0 aliphatic rings. The van der Waals surface area contributed by atoms with Gasteiger partial charge in [0, 0.05) is 17.5 Å². The predicted octanol–water partition coefficient (Wildman–Crippen LogP) is 1.06. The van der Waals surface area contributed by atoms with E-state index in [1.54, 1.807) is 0 Å². The van der Waals surface area contributed by atoms with Gasteiger partial charge >= 0.3 is 0 Å². The first kappa shape index (κ1) is 17.7. The van der Waals surface area contributed by atoms with Gasteiger partial charge in [-0.1, -0.05) is 32.0 Å². The van der Waals surface area contributed by atoms with E-state index in [1.165, 1.54) is 17.8 Å². The van der Waals surface area contributed by atoms with Crippen molar-refractivity contribution in [3.05, 3.63) is 22.1 Å². The molecule has 0 bridgehead atoms. The lowest BCUT2D eigenvalue weighted by Gasteiger charge is -2.14. The van der Waals surface area contributed by atoms with Gasteiger partial charge in [-0.05, 0) is 25.8 Å². The summed E-state index contributed by atoms with van der Waals surface area (Å²) in [5.74, 6) is 0.327. The number of H-pyrrole nitrogens is 1. The van der Waals surface area contributed by atoms with Crippen LogP contribution in [0.3, 0.4) is 0 Å². The number of hydrogen-bond donors (Lipinski definition) is 3. The zero-order chi connectivity index (χ0) is 15.7. The number of nitrogens with one attached hydrogen (secondary N) is 2. The molecule has 1 unspecified atom stereocenters. The molecular weight excluding hydrogens is 288 g/mol. The topological polar surface area (TPSA) is 101 Å². The fourth-order valence-corrected chi connectivity index (χ4v) is 2.77. The molecule has 0 radical (unpaired) electrons. The van der Waals surface area contributed by atoms with Gasteiger partial charge in [0.15, 0.2) is 5.16 Å². The fourth-order valence-electron chi connectivity index (χ4n) is 1.87. The van der Waals surface area contributed by atoms with Gasteiger partial charge in [0.05, 0.1) is 6.04 Å². The van der Waals surface area contributed by atoms with Gasteiger partial charge in [-0.15, -0.1) is 0 Å². The summed E-state index contributed by atoms with van der Waals surface area (Å²) < 4.78 is 0. The van der Waals surface area contributed by atoms with Gasteiger partial charge in [-0.3, -0.25) is 9.59 Å². The molecule has 0 aromatic carbocycles. The van der Waals surface area contributed by atoms with E-state index in [4.69, 9.17) is 5.73 Å². The first-order valence-corrected chi connectivity index (χ1v) is 8.31. The van der Waals surface area contributed by atoms with Crippen molar-refractivity contribution in [3.63, 3.8) is 0 Å². The number of aryl methyl sites for hydroxylation is 1. The van der Waals surface area contributed by atoms with E-state index in [0.29, 0.717) is 17.3 Å². The SMILES string of the molecule is CCCNC(CCSc1nc(CCC)cc(=O)[nH]1)C(N)=O. The molecule has 1 rings (SSSR count). The van der Waals surface area contributed by atoms with Crippen molar-refractivity contribution in [1.29, 1.82) is 0 Å². The highest BCUT2D eigenvalue weighted by Gasteiger charge is 2.14. The predicted molar refractivity (Wildman–Crippen MR) is 85.5 cm³/mol. The minimum Gasteiger partial charge on any atom is -0.368 e. The quantitative estimate of drug-likeness (QED) is 0.443. The Morgan fingerprint density at radius 3 is 2.86 bits per heavy atom. The van der Waals surface area contributed by atoms with Crippen molar-refractivity contribution in [2.45, 2.75) is 50.7 Å². The zero-order valence-electron chi connectivity index (χ0n) is 12.6. The van der Waals surface area contributed by atoms with Crippen LogP contribution in [0.1, 0.15) is 38.8 Å². The third-order valence-electron chi connectivity index (χ3n) is 2.91. The molecule has 21 heavy (non-hydrogen) atoms. The molecule has 1 amide bonds. The van der Waals surface area contributed by atoms with Crippen LogP contribution in [0.5, 0.6) is 0 Å². The number of aromatic nitrogens is 2. The molecule has 0 aliphatic heterocycles. The number of carbonyl (C=O) groups is 1. The van der Waals surface area contributed by atoms with Crippen LogP contribution in [0.2, 0.25) is 0 Å². The Bertz CT molecular complexity index is 504. The Hall–Kier alpha value is -1.34. The van der Waals surface area contributed by atoms with Crippen LogP contribution in [0.15, 0.2) is 16.0 Å². The molecule has 1 aromatic rings. The molecule has 0 spiro atoms. The van der Waals surface area contributed by atoms with Crippen LogP contribution in [0.4, 0.5) is 0 Å². The summed E-state index contributed by atoms with van der Waals surface area (Å²) in [4.78, 5) is 30.0. The molecule has 118 valence electrons. The fraction of sp³-hybridized carbons (Fsp3) is 0.643. The van der Waals surface area contributed by atoms with Gasteiger partial charge < -0.3 is 16.0 Å². The van der Waals surface area contributed by atoms with Gasteiger partial charge in [-0.25, -0.2) is 4.98 Å². The van der Waals surface area contributed by atoms with E-state index < -0.39 is 0 Å². The molecular formula is C14H24N4O2S. The van der Waals surface area contributed by atoms with Crippen LogP contribution < -0.4 is 16.6 Å². The normalized spacial score (nSPS) is 12.3. The highest BCUT2D eigenvalue weighted by Crippen LogP contribution is 2.14. The smallest absolute Gasteiger partial charge is 0.251 e. The molecule has 6 nitrogen and oxygen atoms in total. The lowest BCUT2D eigenvalue weighted by atomic mass is 10.2. The molecule has 7 heteroatoms. The number of primary amides is 1. The molecule has 0 saturated carbocycles. The first-order valence-electron chi connectivity index (χ1n) is 7.32.